The second-order valence-electron chi connectivity index (χ2n) is 7.24. The van der Waals surface area contributed by atoms with Crippen molar-refractivity contribution in [3.05, 3.63) is 71.8 Å². The first-order chi connectivity index (χ1) is 14.6. The van der Waals surface area contributed by atoms with E-state index in [1.165, 1.54) is 0 Å². The van der Waals surface area contributed by atoms with Crippen LogP contribution in [0.4, 0.5) is 0 Å². The Morgan fingerprint density at radius 3 is 2.07 bits per heavy atom. The van der Waals surface area contributed by atoms with Crippen LogP contribution in [0.3, 0.4) is 0 Å². The predicted octanol–water partition coefficient (Wildman–Crippen LogP) is 5.12. The molecule has 0 aromatic heterocycles. The molecule has 6 nitrogen and oxygen atoms in total. The van der Waals surface area contributed by atoms with E-state index < -0.39 is 7.60 Å². The van der Waals surface area contributed by atoms with Gasteiger partial charge in [0.15, 0.2) is 6.29 Å². The lowest BCUT2D eigenvalue weighted by Crippen LogP contribution is -2.23. The summed E-state index contributed by atoms with van der Waals surface area (Å²) in [7, 11) is -3.62. The Balaban J connectivity index is 1.53. The fourth-order valence-electron chi connectivity index (χ4n) is 3.06. The summed E-state index contributed by atoms with van der Waals surface area (Å²) in [6.45, 7) is 1.16. The van der Waals surface area contributed by atoms with Gasteiger partial charge >= 0.3 is 7.60 Å². The maximum Gasteiger partial charge on any atom is 0.338 e. The standard InChI is InChI=1S/C23H29O6P/c24-22(14-16-27-23-13-7-8-15-26-23)19-30(25,28-17-20-9-3-1-4-10-20)29-18-21-11-5-2-6-12-21/h1-6,9-12,23H,7-8,13-19H2. The fraction of sp³-hybridized carbons (Fsp3) is 0.435. The third-order valence-corrected chi connectivity index (χ3v) is 6.52. The second-order valence-corrected chi connectivity index (χ2v) is 9.30. The topological polar surface area (TPSA) is 71.1 Å². The van der Waals surface area contributed by atoms with Gasteiger partial charge in [-0.2, -0.15) is 0 Å². The minimum Gasteiger partial charge on any atom is -0.353 e. The Morgan fingerprint density at radius 1 is 0.933 bits per heavy atom. The molecule has 0 N–H and O–H groups in total. The highest BCUT2D eigenvalue weighted by Crippen LogP contribution is 2.49. The van der Waals surface area contributed by atoms with Crippen LogP contribution in [0.1, 0.15) is 36.8 Å². The van der Waals surface area contributed by atoms with E-state index in [1.54, 1.807) is 0 Å². The van der Waals surface area contributed by atoms with Crippen LogP contribution in [0.2, 0.25) is 0 Å². The predicted molar refractivity (Wildman–Crippen MR) is 114 cm³/mol. The average Bonchev–Trinajstić information content (AvgIpc) is 2.79. The van der Waals surface area contributed by atoms with E-state index in [0.29, 0.717) is 6.61 Å². The minimum atomic E-state index is -3.62. The molecule has 30 heavy (non-hydrogen) atoms. The molecule has 7 heteroatoms. The molecule has 0 radical (unpaired) electrons. The number of rotatable bonds is 12. The molecule has 1 aliphatic heterocycles. The highest BCUT2D eigenvalue weighted by atomic mass is 31.2. The highest BCUT2D eigenvalue weighted by Gasteiger charge is 2.29. The third-order valence-electron chi connectivity index (χ3n) is 4.73. The number of hydrogen-bond donors (Lipinski definition) is 0. The normalized spacial score (nSPS) is 17.0. The quantitative estimate of drug-likeness (QED) is 0.434. The lowest BCUT2D eigenvalue weighted by molar-refractivity contribution is -0.163. The highest BCUT2D eigenvalue weighted by molar-refractivity contribution is 7.54. The first-order valence-electron chi connectivity index (χ1n) is 10.3. The summed E-state index contributed by atoms with van der Waals surface area (Å²) in [5.41, 5.74) is 1.73. The van der Waals surface area contributed by atoms with E-state index in [2.05, 4.69) is 0 Å². The summed E-state index contributed by atoms with van der Waals surface area (Å²) in [5, 5.41) is 0. The number of carbonyl (C=O) groups is 1. The Bertz CT molecular complexity index is 757. The molecule has 1 unspecified atom stereocenters. The molecule has 0 bridgehead atoms. The van der Waals surface area contributed by atoms with E-state index in [4.69, 9.17) is 18.5 Å². The number of hydrogen-bond acceptors (Lipinski definition) is 6. The van der Waals surface area contributed by atoms with E-state index in [1.807, 2.05) is 60.7 Å². The van der Waals surface area contributed by atoms with Crippen molar-refractivity contribution in [1.82, 2.24) is 0 Å². The summed E-state index contributed by atoms with van der Waals surface area (Å²) < 4.78 is 35.7. The van der Waals surface area contributed by atoms with Crippen molar-refractivity contribution in [2.24, 2.45) is 0 Å². The van der Waals surface area contributed by atoms with Crippen LogP contribution >= 0.6 is 7.60 Å². The first-order valence-corrected chi connectivity index (χ1v) is 12.1. The molecule has 2 aromatic carbocycles. The molecule has 1 atom stereocenters. The largest absolute Gasteiger partial charge is 0.353 e. The Kier molecular flexibility index (Phi) is 9.25. The molecule has 2 aromatic rings. The van der Waals surface area contributed by atoms with E-state index in [-0.39, 0.29) is 44.5 Å². The number of Topliss-reactive ketones (excluding diaryl/α,β-unsaturated/α-hetero) is 1. The van der Waals surface area contributed by atoms with Gasteiger partial charge in [0.1, 0.15) is 11.9 Å². The van der Waals surface area contributed by atoms with Crippen LogP contribution in [0.15, 0.2) is 60.7 Å². The number of benzene rings is 2. The Hall–Kier alpha value is -1.82. The van der Waals surface area contributed by atoms with Crippen LogP contribution in [0.25, 0.3) is 0 Å². The van der Waals surface area contributed by atoms with Crippen molar-refractivity contribution in [1.29, 1.82) is 0 Å². The van der Waals surface area contributed by atoms with Crippen molar-refractivity contribution in [3.8, 4) is 0 Å². The summed E-state index contributed by atoms with van der Waals surface area (Å²) in [6, 6.07) is 18.8. The van der Waals surface area contributed by atoms with Gasteiger partial charge in [-0.25, -0.2) is 0 Å². The molecule has 3 rings (SSSR count). The maximum absolute atomic E-state index is 13.3. The number of carbonyl (C=O) groups excluding carboxylic acids is 1. The van der Waals surface area contributed by atoms with Crippen molar-refractivity contribution < 1.29 is 27.9 Å². The van der Waals surface area contributed by atoms with Gasteiger partial charge < -0.3 is 18.5 Å². The summed E-state index contributed by atoms with van der Waals surface area (Å²) in [5.74, 6) is -0.213. The van der Waals surface area contributed by atoms with Gasteiger partial charge in [0.05, 0.1) is 19.8 Å². The summed E-state index contributed by atoms with van der Waals surface area (Å²) in [6.07, 6.45) is 2.57. The molecule has 1 saturated heterocycles. The first kappa shape index (κ1) is 22.9. The molecule has 0 aliphatic carbocycles. The molecule has 1 fully saturated rings. The average molecular weight is 432 g/mol. The van der Waals surface area contributed by atoms with Crippen LogP contribution in [-0.4, -0.2) is 31.4 Å². The van der Waals surface area contributed by atoms with Gasteiger partial charge in [0.2, 0.25) is 0 Å². The van der Waals surface area contributed by atoms with Gasteiger partial charge in [0, 0.05) is 13.0 Å². The smallest absolute Gasteiger partial charge is 0.338 e. The zero-order valence-electron chi connectivity index (χ0n) is 17.1. The fourth-order valence-corrected chi connectivity index (χ4v) is 4.60. The van der Waals surface area contributed by atoms with Crippen molar-refractivity contribution in [2.45, 2.75) is 45.2 Å². The lowest BCUT2D eigenvalue weighted by atomic mass is 10.2. The Morgan fingerprint density at radius 2 is 1.53 bits per heavy atom. The Labute approximate surface area is 178 Å². The maximum atomic E-state index is 13.3. The van der Waals surface area contributed by atoms with Crippen LogP contribution < -0.4 is 0 Å². The van der Waals surface area contributed by atoms with E-state index in [0.717, 1.165) is 30.4 Å². The van der Waals surface area contributed by atoms with E-state index >= 15 is 0 Å². The summed E-state index contributed by atoms with van der Waals surface area (Å²) >= 11 is 0. The van der Waals surface area contributed by atoms with Crippen LogP contribution in [-0.2, 0) is 41.1 Å². The molecule has 0 saturated carbocycles. The molecule has 0 amide bonds. The van der Waals surface area contributed by atoms with Gasteiger partial charge in [0.25, 0.3) is 0 Å². The van der Waals surface area contributed by atoms with Crippen molar-refractivity contribution in [3.63, 3.8) is 0 Å². The molecular formula is C23H29O6P. The molecule has 0 spiro atoms. The van der Waals surface area contributed by atoms with Gasteiger partial charge in [-0.1, -0.05) is 60.7 Å². The van der Waals surface area contributed by atoms with E-state index in [9.17, 15) is 9.36 Å². The third kappa shape index (κ3) is 8.13. The second kappa shape index (κ2) is 12.1. The SMILES string of the molecule is O=C(CCOC1CCCCO1)CP(=O)(OCc1ccccc1)OCc1ccccc1. The van der Waals surface area contributed by atoms with Gasteiger partial charge in [-0.15, -0.1) is 0 Å². The van der Waals surface area contributed by atoms with Crippen LogP contribution in [0, 0.1) is 0 Å². The van der Waals surface area contributed by atoms with Gasteiger partial charge in [-0.05, 0) is 30.4 Å². The number of ketones is 1. The van der Waals surface area contributed by atoms with Crippen LogP contribution in [0.5, 0.6) is 0 Å². The number of ether oxygens (including phenoxy) is 2. The minimum absolute atomic E-state index is 0.118. The zero-order chi connectivity index (χ0) is 21.1. The zero-order valence-corrected chi connectivity index (χ0v) is 18.0. The van der Waals surface area contributed by atoms with Crippen molar-refractivity contribution in [2.75, 3.05) is 19.4 Å². The molecule has 1 heterocycles. The summed E-state index contributed by atoms with van der Waals surface area (Å²) in [4.78, 5) is 12.5. The molecule has 1 aliphatic rings. The molecular weight excluding hydrogens is 403 g/mol. The monoisotopic (exact) mass is 432 g/mol. The lowest BCUT2D eigenvalue weighted by Gasteiger charge is -2.22. The molecule has 162 valence electrons. The van der Waals surface area contributed by atoms with Crippen molar-refractivity contribution >= 4 is 13.4 Å². The van der Waals surface area contributed by atoms with Gasteiger partial charge in [-0.3, -0.25) is 9.36 Å².